The largest absolute Gasteiger partial charge is 0.308 e. The predicted molar refractivity (Wildman–Crippen MR) is 59.9 cm³/mol. The topological polar surface area (TPSA) is 50.4 Å². The van der Waals surface area contributed by atoms with Crippen LogP contribution in [0.5, 0.6) is 0 Å². The highest BCUT2D eigenvalue weighted by molar-refractivity contribution is 5.98. The fraction of sp³-hybridized carbons (Fsp3) is 0.364. The number of benzene rings is 1. The van der Waals surface area contributed by atoms with Gasteiger partial charge in [-0.1, -0.05) is 0 Å². The van der Waals surface area contributed by atoms with Crippen molar-refractivity contribution in [2.45, 2.75) is 26.3 Å². The number of nitrogens with zero attached hydrogens (tertiary/aromatic N) is 1. The molecule has 0 fully saturated rings. The predicted octanol–water partition coefficient (Wildman–Crippen LogP) is 2.11. The molecule has 94 valence electrons. The van der Waals surface area contributed by atoms with E-state index in [2.05, 4.69) is 10.4 Å². The maximum Gasteiger partial charge on any atom is 0.194 e. The number of hydrogen-bond donors (Lipinski definition) is 2. The first-order chi connectivity index (χ1) is 7.74. The van der Waals surface area contributed by atoms with Crippen LogP contribution in [0.1, 0.15) is 26.3 Å². The minimum Gasteiger partial charge on any atom is -0.308 e. The molecular formula is C11H14F3N3. The lowest BCUT2D eigenvalue weighted by molar-refractivity contribution is 0.446. The molecule has 0 amide bonds. The quantitative estimate of drug-likeness (QED) is 0.262. The number of rotatable bonds is 1. The van der Waals surface area contributed by atoms with E-state index >= 15 is 0 Å². The standard InChI is InChI=1S/C11H14F3N3/c1-11(2,3)16-10(17-15)6-4-7(12)9(14)8(13)5-6/h4-5H,15H2,1-3H3,(H,16,17). The van der Waals surface area contributed by atoms with Crippen LogP contribution in [0, 0.1) is 17.5 Å². The molecule has 0 heterocycles. The van der Waals surface area contributed by atoms with Crippen LogP contribution in [0.4, 0.5) is 13.2 Å². The second-order valence-corrected chi connectivity index (χ2v) is 4.53. The van der Waals surface area contributed by atoms with E-state index in [4.69, 9.17) is 5.84 Å². The number of halogens is 3. The van der Waals surface area contributed by atoms with Crippen molar-refractivity contribution in [1.82, 2.24) is 5.43 Å². The first-order valence-corrected chi connectivity index (χ1v) is 4.96. The van der Waals surface area contributed by atoms with Crippen LogP contribution in [0.15, 0.2) is 17.1 Å². The zero-order valence-electron chi connectivity index (χ0n) is 9.81. The summed E-state index contributed by atoms with van der Waals surface area (Å²) in [4.78, 5) is 4.13. The van der Waals surface area contributed by atoms with Crippen molar-refractivity contribution in [2.24, 2.45) is 10.8 Å². The third-order valence-electron chi connectivity index (χ3n) is 1.84. The molecule has 0 spiro atoms. The molecular weight excluding hydrogens is 231 g/mol. The number of hydrogen-bond acceptors (Lipinski definition) is 2. The van der Waals surface area contributed by atoms with Crippen LogP contribution in [-0.4, -0.2) is 11.4 Å². The lowest BCUT2D eigenvalue weighted by Crippen LogP contribution is -2.34. The Morgan fingerprint density at radius 1 is 1.18 bits per heavy atom. The Bertz CT molecular complexity index is 427. The summed E-state index contributed by atoms with van der Waals surface area (Å²) in [5.41, 5.74) is 1.81. The highest BCUT2D eigenvalue weighted by Gasteiger charge is 2.16. The molecule has 0 aliphatic heterocycles. The second-order valence-electron chi connectivity index (χ2n) is 4.53. The van der Waals surface area contributed by atoms with Crippen LogP contribution in [0.25, 0.3) is 0 Å². The van der Waals surface area contributed by atoms with Gasteiger partial charge in [-0.15, -0.1) is 0 Å². The zero-order chi connectivity index (χ0) is 13.2. The molecule has 17 heavy (non-hydrogen) atoms. The van der Waals surface area contributed by atoms with Gasteiger partial charge in [0.2, 0.25) is 0 Å². The van der Waals surface area contributed by atoms with Crippen molar-refractivity contribution in [3.8, 4) is 0 Å². The Labute approximate surface area is 97.5 Å². The maximum atomic E-state index is 13.0. The Hall–Kier alpha value is -1.56. The second kappa shape index (κ2) is 4.75. The third kappa shape index (κ3) is 3.45. The van der Waals surface area contributed by atoms with Crippen molar-refractivity contribution < 1.29 is 13.2 Å². The first kappa shape index (κ1) is 13.5. The van der Waals surface area contributed by atoms with Gasteiger partial charge in [0.15, 0.2) is 17.5 Å². The van der Waals surface area contributed by atoms with Crippen molar-refractivity contribution in [3.05, 3.63) is 35.1 Å². The molecule has 0 aromatic heterocycles. The van der Waals surface area contributed by atoms with Gasteiger partial charge >= 0.3 is 0 Å². The van der Waals surface area contributed by atoms with Gasteiger partial charge in [-0.3, -0.25) is 4.99 Å². The molecule has 3 N–H and O–H groups in total. The van der Waals surface area contributed by atoms with Gasteiger partial charge in [-0.05, 0) is 32.9 Å². The van der Waals surface area contributed by atoms with Crippen LogP contribution in [0.2, 0.25) is 0 Å². The monoisotopic (exact) mass is 245 g/mol. The summed E-state index contributed by atoms with van der Waals surface area (Å²) in [6.45, 7) is 5.38. The Balaban J connectivity index is 3.27. The molecule has 3 nitrogen and oxygen atoms in total. The number of aliphatic imine (C=N–C) groups is 1. The Morgan fingerprint density at radius 2 is 1.65 bits per heavy atom. The molecule has 0 saturated heterocycles. The van der Waals surface area contributed by atoms with E-state index in [1.807, 2.05) is 0 Å². The van der Waals surface area contributed by atoms with Gasteiger partial charge in [0.25, 0.3) is 0 Å². The van der Waals surface area contributed by atoms with Crippen LogP contribution >= 0.6 is 0 Å². The van der Waals surface area contributed by atoms with Gasteiger partial charge in [-0.25, -0.2) is 19.0 Å². The maximum absolute atomic E-state index is 13.0. The van der Waals surface area contributed by atoms with Crippen LogP contribution in [-0.2, 0) is 0 Å². The lowest BCUT2D eigenvalue weighted by atomic mass is 10.1. The average Bonchev–Trinajstić information content (AvgIpc) is 2.20. The minimum absolute atomic E-state index is 0.0545. The summed E-state index contributed by atoms with van der Waals surface area (Å²) in [6, 6.07) is 1.67. The van der Waals surface area contributed by atoms with Crippen LogP contribution in [0.3, 0.4) is 0 Å². The number of hydrazine groups is 1. The normalized spacial score (nSPS) is 12.8. The van der Waals surface area contributed by atoms with Crippen molar-refractivity contribution in [1.29, 1.82) is 0 Å². The van der Waals surface area contributed by atoms with E-state index in [0.29, 0.717) is 0 Å². The van der Waals surface area contributed by atoms with Gasteiger partial charge in [0, 0.05) is 5.56 Å². The number of nitrogens with two attached hydrogens (primary N) is 1. The summed E-state index contributed by atoms with van der Waals surface area (Å²) in [6.07, 6.45) is 0. The summed E-state index contributed by atoms with van der Waals surface area (Å²) >= 11 is 0. The van der Waals surface area contributed by atoms with Crippen LogP contribution < -0.4 is 11.3 Å². The lowest BCUT2D eigenvalue weighted by Gasteiger charge is -2.16. The van der Waals surface area contributed by atoms with E-state index in [0.717, 1.165) is 12.1 Å². The average molecular weight is 245 g/mol. The molecule has 0 unspecified atom stereocenters. The van der Waals surface area contributed by atoms with E-state index in [1.54, 1.807) is 20.8 Å². The highest BCUT2D eigenvalue weighted by Crippen LogP contribution is 2.15. The molecule has 1 aromatic rings. The van der Waals surface area contributed by atoms with E-state index in [1.165, 1.54) is 0 Å². The van der Waals surface area contributed by atoms with Crippen molar-refractivity contribution in [3.63, 3.8) is 0 Å². The summed E-state index contributed by atoms with van der Waals surface area (Å²) < 4.78 is 38.8. The zero-order valence-corrected chi connectivity index (χ0v) is 9.81. The Kier molecular flexibility index (Phi) is 3.77. The van der Waals surface area contributed by atoms with Crippen molar-refractivity contribution >= 4 is 5.84 Å². The first-order valence-electron chi connectivity index (χ1n) is 4.96. The van der Waals surface area contributed by atoms with Gasteiger partial charge in [0.1, 0.15) is 5.84 Å². The highest BCUT2D eigenvalue weighted by atomic mass is 19.2. The summed E-state index contributed by atoms with van der Waals surface area (Å²) in [5, 5.41) is 0. The fourth-order valence-electron chi connectivity index (χ4n) is 1.21. The third-order valence-corrected chi connectivity index (χ3v) is 1.84. The van der Waals surface area contributed by atoms with Gasteiger partial charge < -0.3 is 5.43 Å². The van der Waals surface area contributed by atoms with E-state index in [-0.39, 0.29) is 11.4 Å². The number of amidine groups is 1. The summed E-state index contributed by atoms with van der Waals surface area (Å²) in [5.74, 6) is 1.25. The van der Waals surface area contributed by atoms with E-state index in [9.17, 15) is 13.2 Å². The fourth-order valence-corrected chi connectivity index (χ4v) is 1.21. The van der Waals surface area contributed by atoms with Gasteiger partial charge in [0.05, 0.1) is 5.54 Å². The van der Waals surface area contributed by atoms with Crippen molar-refractivity contribution in [2.75, 3.05) is 0 Å². The molecule has 0 aliphatic carbocycles. The molecule has 6 heteroatoms. The SMILES string of the molecule is CC(C)(C)N=C(NN)c1cc(F)c(F)c(F)c1. The van der Waals surface area contributed by atoms with E-state index < -0.39 is 23.0 Å². The molecule has 1 aromatic carbocycles. The molecule has 0 aliphatic rings. The molecule has 0 bridgehead atoms. The summed E-state index contributed by atoms with van der Waals surface area (Å²) in [7, 11) is 0. The molecule has 1 rings (SSSR count). The molecule has 0 atom stereocenters. The molecule has 0 radical (unpaired) electrons. The smallest absolute Gasteiger partial charge is 0.194 e. The number of nitrogens with one attached hydrogen (secondary N) is 1. The molecule has 0 saturated carbocycles. The Morgan fingerprint density at radius 3 is 2.00 bits per heavy atom. The van der Waals surface area contributed by atoms with Gasteiger partial charge in [-0.2, -0.15) is 0 Å². The minimum atomic E-state index is -1.51.